The van der Waals surface area contributed by atoms with Crippen molar-refractivity contribution in [3.05, 3.63) is 42.6 Å². The Morgan fingerprint density at radius 1 is 1.16 bits per heavy atom. The van der Waals surface area contributed by atoms with Crippen LogP contribution in [0, 0.1) is 0 Å². The molecule has 1 aliphatic rings. The molecule has 0 bridgehead atoms. The van der Waals surface area contributed by atoms with Crippen LogP contribution in [0.3, 0.4) is 0 Å². The molecule has 2 heterocycles. The maximum absolute atomic E-state index is 11.8. The maximum atomic E-state index is 11.8. The fraction of sp³-hybridized carbons (Fsp3) is 0.389. The summed E-state index contributed by atoms with van der Waals surface area (Å²) in [4.78, 5) is 26.7. The predicted molar refractivity (Wildman–Crippen MR) is 97.3 cm³/mol. The summed E-state index contributed by atoms with van der Waals surface area (Å²) in [6.07, 6.45) is 1.53. The van der Waals surface area contributed by atoms with Gasteiger partial charge in [0.05, 0.1) is 6.61 Å². The van der Waals surface area contributed by atoms with E-state index in [1.807, 2.05) is 55.3 Å². The zero-order chi connectivity index (χ0) is 17.6. The van der Waals surface area contributed by atoms with Crippen LogP contribution in [-0.2, 0) is 4.74 Å². The SMILES string of the molecule is CCOC(=O)N1CCN(c2ccnc(N(C)c3ccccc3)n2)CC1. The number of rotatable bonds is 4. The molecule has 1 aromatic carbocycles. The van der Waals surface area contributed by atoms with E-state index in [9.17, 15) is 4.79 Å². The first kappa shape index (κ1) is 17.0. The van der Waals surface area contributed by atoms with Crippen molar-refractivity contribution in [2.24, 2.45) is 0 Å². The van der Waals surface area contributed by atoms with Gasteiger partial charge in [-0.05, 0) is 25.1 Å². The Balaban J connectivity index is 1.67. The molecule has 0 radical (unpaired) electrons. The summed E-state index contributed by atoms with van der Waals surface area (Å²) in [5, 5.41) is 0. The third kappa shape index (κ3) is 3.99. The average Bonchev–Trinajstić information content (AvgIpc) is 2.68. The summed E-state index contributed by atoms with van der Waals surface area (Å²) >= 11 is 0. The van der Waals surface area contributed by atoms with Crippen LogP contribution in [0.4, 0.5) is 22.2 Å². The topological polar surface area (TPSA) is 61.8 Å². The number of benzene rings is 1. The van der Waals surface area contributed by atoms with Crippen LogP contribution in [0.1, 0.15) is 6.92 Å². The van der Waals surface area contributed by atoms with Gasteiger partial charge < -0.3 is 19.4 Å². The lowest BCUT2D eigenvalue weighted by molar-refractivity contribution is 0.105. The molecule has 0 unspecified atom stereocenters. The van der Waals surface area contributed by atoms with Gasteiger partial charge in [0.2, 0.25) is 5.95 Å². The second-order valence-electron chi connectivity index (χ2n) is 5.78. The lowest BCUT2D eigenvalue weighted by atomic mass is 10.3. The minimum atomic E-state index is -0.241. The quantitative estimate of drug-likeness (QED) is 0.852. The number of hydrogen-bond acceptors (Lipinski definition) is 6. The second kappa shape index (κ2) is 7.83. The van der Waals surface area contributed by atoms with Crippen molar-refractivity contribution in [1.82, 2.24) is 14.9 Å². The summed E-state index contributed by atoms with van der Waals surface area (Å²) in [5.74, 6) is 1.52. The highest BCUT2D eigenvalue weighted by molar-refractivity contribution is 5.68. The van der Waals surface area contributed by atoms with E-state index in [-0.39, 0.29) is 6.09 Å². The Kier molecular flexibility index (Phi) is 5.33. The highest BCUT2D eigenvalue weighted by Crippen LogP contribution is 2.22. The molecule has 25 heavy (non-hydrogen) atoms. The van der Waals surface area contributed by atoms with Gasteiger partial charge in [0.25, 0.3) is 0 Å². The van der Waals surface area contributed by atoms with Crippen molar-refractivity contribution in [3.63, 3.8) is 0 Å². The molecule has 1 aliphatic heterocycles. The number of nitrogens with zero attached hydrogens (tertiary/aromatic N) is 5. The normalized spacial score (nSPS) is 14.3. The van der Waals surface area contributed by atoms with Crippen molar-refractivity contribution < 1.29 is 9.53 Å². The van der Waals surface area contributed by atoms with Crippen molar-refractivity contribution in [2.45, 2.75) is 6.92 Å². The van der Waals surface area contributed by atoms with Gasteiger partial charge in [0.15, 0.2) is 0 Å². The molecule has 3 rings (SSSR count). The number of aromatic nitrogens is 2. The van der Waals surface area contributed by atoms with Crippen molar-refractivity contribution in [2.75, 3.05) is 49.6 Å². The van der Waals surface area contributed by atoms with Crippen molar-refractivity contribution in [1.29, 1.82) is 0 Å². The monoisotopic (exact) mass is 341 g/mol. The van der Waals surface area contributed by atoms with Crippen molar-refractivity contribution >= 4 is 23.5 Å². The summed E-state index contributed by atoms with van der Waals surface area (Å²) in [7, 11) is 1.95. The standard InChI is InChI=1S/C18H23N5O2/c1-3-25-18(24)23-13-11-22(12-14-23)16-9-10-19-17(20-16)21(2)15-7-5-4-6-8-15/h4-10H,3,11-14H2,1-2H3. The predicted octanol–water partition coefficient (Wildman–Crippen LogP) is 2.52. The van der Waals surface area contributed by atoms with Gasteiger partial charge in [-0.3, -0.25) is 0 Å². The van der Waals surface area contributed by atoms with Crippen LogP contribution in [0.5, 0.6) is 0 Å². The Bertz CT molecular complexity index is 702. The van der Waals surface area contributed by atoms with E-state index >= 15 is 0 Å². The molecule has 132 valence electrons. The van der Waals surface area contributed by atoms with Crippen molar-refractivity contribution in [3.8, 4) is 0 Å². The third-order valence-corrected chi connectivity index (χ3v) is 4.20. The highest BCUT2D eigenvalue weighted by Gasteiger charge is 2.23. The van der Waals surface area contributed by atoms with Crippen LogP contribution < -0.4 is 9.80 Å². The molecule has 0 N–H and O–H groups in total. The Morgan fingerprint density at radius 2 is 1.88 bits per heavy atom. The van der Waals surface area contributed by atoms with E-state index in [2.05, 4.69) is 14.9 Å². The first-order valence-electron chi connectivity index (χ1n) is 8.47. The Hall–Kier alpha value is -2.83. The minimum absolute atomic E-state index is 0.241. The molecule has 2 aromatic rings. The molecule has 0 spiro atoms. The lowest BCUT2D eigenvalue weighted by Crippen LogP contribution is -2.49. The first-order chi connectivity index (χ1) is 12.2. The molecule has 1 amide bonds. The van der Waals surface area contributed by atoms with Gasteiger partial charge in [0.1, 0.15) is 5.82 Å². The number of para-hydroxylation sites is 1. The van der Waals surface area contributed by atoms with Gasteiger partial charge in [-0.1, -0.05) is 18.2 Å². The van der Waals surface area contributed by atoms with Crippen LogP contribution in [0.15, 0.2) is 42.6 Å². The zero-order valence-corrected chi connectivity index (χ0v) is 14.6. The van der Waals surface area contributed by atoms with Crippen LogP contribution in [-0.4, -0.2) is 60.8 Å². The average molecular weight is 341 g/mol. The summed E-state index contributed by atoms with van der Waals surface area (Å²) in [6, 6.07) is 11.9. The van der Waals surface area contributed by atoms with Gasteiger partial charge >= 0.3 is 6.09 Å². The van der Waals surface area contributed by atoms with Crippen LogP contribution in [0.25, 0.3) is 0 Å². The number of piperazine rings is 1. The highest BCUT2D eigenvalue weighted by atomic mass is 16.6. The molecule has 1 aromatic heterocycles. The number of carbonyl (C=O) groups is 1. The molecule has 7 nitrogen and oxygen atoms in total. The van der Waals surface area contributed by atoms with E-state index in [0.29, 0.717) is 25.6 Å². The number of carbonyl (C=O) groups excluding carboxylic acids is 1. The lowest BCUT2D eigenvalue weighted by Gasteiger charge is -2.34. The molecule has 0 saturated carbocycles. The summed E-state index contributed by atoms with van der Waals surface area (Å²) in [5.41, 5.74) is 1.03. The first-order valence-corrected chi connectivity index (χ1v) is 8.47. The van der Waals surface area contributed by atoms with Gasteiger partial charge in [-0.15, -0.1) is 0 Å². The fourth-order valence-corrected chi connectivity index (χ4v) is 2.78. The van der Waals surface area contributed by atoms with Crippen LogP contribution >= 0.6 is 0 Å². The third-order valence-electron chi connectivity index (χ3n) is 4.20. The zero-order valence-electron chi connectivity index (χ0n) is 14.6. The van der Waals surface area contributed by atoms with Gasteiger partial charge in [0, 0.05) is 45.1 Å². The molecule has 1 fully saturated rings. The number of ether oxygens (including phenoxy) is 1. The molecular formula is C18H23N5O2. The number of amides is 1. The van der Waals surface area contributed by atoms with E-state index in [1.165, 1.54) is 0 Å². The maximum Gasteiger partial charge on any atom is 0.409 e. The Morgan fingerprint density at radius 3 is 2.56 bits per heavy atom. The van der Waals surface area contributed by atoms with E-state index in [4.69, 9.17) is 4.74 Å². The summed E-state index contributed by atoms with van der Waals surface area (Å²) < 4.78 is 5.06. The Labute approximate surface area is 147 Å². The molecule has 0 aliphatic carbocycles. The number of hydrogen-bond donors (Lipinski definition) is 0. The fourth-order valence-electron chi connectivity index (χ4n) is 2.78. The van der Waals surface area contributed by atoms with Gasteiger partial charge in [-0.2, -0.15) is 4.98 Å². The smallest absolute Gasteiger partial charge is 0.409 e. The van der Waals surface area contributed by atoms with E-state index < -0.39 is 0 Å². The van der Waals surface area contributed by atoms with E-state index in [0.717, 1.165) is 24.6 Å². The minimum Gasteiger partial charge on any atom is -0.450 e. The summed E-state index contributed by atoms with van der Waals surface area (Å²) in [6.45, 7) is 4.94. The molecule has 0 atom stereocenters. The van der Waals surface area contributed by atoms with E-state index in [1.54, 1.807) is 11.1 Å². The second-order valence-corrected chi connectivity index (χ2v) is 5.78. The van der Waals surface area contributed by atoms with Gasteiger partial charge in [-0.25, -0.2) is 9.78 Å². The largest absolute Gasteiger partial charge is 0.450 e. The van der Waals surface area contributed by atoms with Crippen LogP contribution in [0.2, 0.25) is 0 Å². The molecule has 1 saturated heterocycles. The number of anilines is 3. The molecule has 7 heteroatoms. The molecular weight excluding hydrogens is 318 g/mol.